The lowest BCUT2D eigenvalue weighted by Gasteiger charge is -2.34. The van der Waals surface area contributed by atoms with Gasteiger partial charge in [-0.25, -0.2) is 9.97 Å². The molecule has 1 aromatic rings. The Hall–Kier alpha value is -0.640. The van der Waals surface area contributed by atoms with Crippen molar-refractivity contribution in [2.24, 2.45) is 5.41 Å². The topological polar surface area (TPSA) is 37.8 Å². The third kappa shape index (κ3) is 3.66. The van der Waals surface area contributed by atoms with Gasteiger partial charge in [-0.3, -0.25) is 0 Å². The van der Waals surface area contributed by atoms with Crippen molar-refractivity contribution in [3.63, 3.8) is 0 Å². The molecule has 0 radical (unpaired) electrons. The minimum absolute atomic E-state index is 0.514. The molecule has 3 nitrogen and oxygen atoms in total. The first-order valence-electron chi connectivity index (χ1n) is 6.22. The molecule has 0 spiro atoms. The summed E-state index contributed by atoms with van der Waals surface area (Å²) in [5, 5.41) is 3.52. The van der Waals surface area contributed by atoms with E-state index in [4.69, 9.17) is 0 Å². The highest BCUT2D eigenvalue weighted by molar-refractivity contribution is 9.10. The molecular formula is C13H20BrN3. The molecule has 2 rings (SSSR count). The molecule has 0 aliphatic heterocycles. The minimum atomic E-state index is 0.514. The SMILES string of the molecule is Cc1nc(Br)cc(NC2CCC(C)(C)CC2)n1. The number of anilines is 1. The minimum Gasteiger partial charge on any atom is -0.367 e. The molecule has 0 saturated heterocycles. The highest BCUT2D eigenvalue weighted by Gasteiger charge is 2.26. The van der Waals surface area contributed by atoms with E-state index in [1.54, 1.807) is 0 Å². The summed E-state index contributed by atoms with van der Waals surface area (Å²) in [5.41, 5.74) is 0.514. The van der Waals surface area contributed by atoms with Crippen LogP contribution in [-0.4, -0.2) is 16.0 Å². The number of rotatable bonds is 2. The van der Waals surface area contributed by atoms with Crippen LogP contribution < -0.4 is 5.32 Å². The van der Waals surface area contributed by atoms with E-state index in [9.17, 15) is 0 Å². The molecule has 17 heavy (non-hydrogen) atoms. The van der Waals surface area contributed by atoms with Crippen molar-refractivity contribution in [1.29, 1.82) is 0 Å². The molecule has 4 heteroatoms. The highest BCUT2D eigenvalue weighted by atomic mass is 79.9. The van der Waals surface area contributed by atoms with Crippen LogP contribution in [0.1, 0.15) is 45.4 Å². The second-order valence-corrected chi connectivity index (χ2v) is 6.52. The fourth-order valence-electron chi connectivity index (χ4n) is 2.36. The molecular weight excluding hydrogens is 278 g/mol. The van der Waals surface area contributed by atoms with Gasteiger partial charge in [-0.05, 0) is 54.0 Å². The second-order valence-electron chi connectivity index (χ2n) is 5.71. The van der Waals surface area contributed by atoms with E-state index in [0.717, 1.165) is 16.2 Å². The molecule has 1 saturated carbocycles. The number of hydrogen-bond donors (Lipinski definition) is 1. The summed E-state index contributed by atoms with van der Waals surface area (Å²) >= 11 is 3.40. The smallest absolute Gasteiger partial charge is 0.131 e. The molecule has 1 N–H and O–H groups in total. The van der Waals surface area contributed by atoms with E-state index in [0.29, 0.717) is 11.5 Å². The van der Waals surface area contributed by atoms with Crippen LogP contribution in [0.15, 0.2) is 10.7 Å². The largest absolute Gasteiger partial charge is 0.367 e. The van der Waals surface area contributed by atoms with Gasteiger partial charge in [-0.15, -0.1) is 0 Å². The molecule has 1 aliphatic rings. The molecule has 0 amide bonds. The van der Waals surface area contributed by atoms with Gasteiger partial charge in [0.15, 0.2) is 0 Å². The van der Waals surface area contributed by atoms with Crippen LogP contribution in [0, 0.1) is 12.3 Å². The zero-order valence-corrected chi connectivity index (χ0v) is 12.3. The Labute approximate surface area is 112 Å². The maximum Gasteiger partial charge on any atom is 0.131 e. The monoisotopic (exact) mass is 297 g/mol. The van der Waals surface area contributed by atoms with E-state index in [-0.39, 0.29) is 0 Å². The van der Waals surface area contributed by atoms with Gasteiger partial charge in [0.1, 0.15) is 16.2 Å². The number of halogens is 1. The third-order valence-corrected chi connectivity index (χ3v) is 3.90. The number of aromatic nitrogens is 2. The maximum atomic E-state index is 4.41. The Balaban J connectivity index is 1.97. The quantitative estimate of drug-likeness (QED) is 0.841. The van der Waals surface area contributed by atoms with Gasteiger partial charge in [0, 0.05) is 12.1 Å². The van der Waals surface area contributed by atoms with E-state index in [1.165, 1.54) is 25.7 Å². The summed E-state index contributed by atoms with van der Waals surface area (Å²) in [5.74, 6) is 1.74. The van der Waals surface area contributed by atoms with E-state index in [2.05, 4.69) is 45.1 Å². The van der Waals surface area contributed by atoms with Crippen molar-refractivity contribution in [3.8, 4) is 0 Å². The standard InChI is InChI=1S/C13H20BrN3/c1-9-15-11(14)8-12(16-9)17-10-4-6-13(2,3)7-5-10/h8,10H,4-7H2,1-3H3,(H,15,16,17). The second kappa shape index (κ2) is 4.92. The number of hydrogen-bond acceptors (Lipinski definition) is 3. The summed E-state index contributed by atoms with van der Waals surface area (Å²) in [6, 6.07) is 2.51. The van der Waals surface area contributed by atoms with Gasteiger partial charge in [-0.1, -0.05) is 13.8 Å². The Morgan fingerprint density at radius 3 is 2.53 bits per heavy atom. The van der Waals surface area contributed by atoms with E-state index >= 15 is 0 Å². The fourth-order valence-corrected chi connectivity index (χ4v) is 2.83. The summed E-state index contributed by atoms with van der Waals surface area (Å²) in [6.07, 6.45) is 5.03. The molecule has 1 aromatic heterocycles. The zero-order chi connectivity index (χ0) is 12.5. The van der Waals surface area contributed by atoms with E-state index < -0.39 is 0 Å². The first-order chi connectivity index (χ1) is 7.94. The van der Waals surface area contributed by atoms with E-state index in [1.807, 2.05) is 13.0 Å². The van der Waals surface area contributed by atoms with Crippen molar-refractivity contribution in [1.82, 2.24) is 9.97 Å². The number of aryl methyl sites for hydroxylation is 1. The molecule has 1 fully saturated rings. The molecule has 0 aromatic carbocycles. The Kier molecular flexibility index (Phi) is 3.71. The van der Waals surface area contributed by atoms with Gasteiger partial charge in [0.2, 0.25) is 0 Å². The maximum absolute atomic E-state index is 4.41. The lowest BCUT2D eigenvalue weighted by atomic mass is 9.75. The van der Waals surface area contributed by atoms with Crippen LogP contribution in [0.3, 0.4) is 0 Å². The average Bonchev–Trinajstić information content (AvgIpc) is 2.20. The summed E-state index contributed by atoms with van der Waals surface area (Å²) in [7, 11) is 0. The molecule has 1 heterocycles. The molecule has 1 aliphatic carbocycles. The average molecular weight is 298 g/mol. The van der Waals surface area contributed by atoms with Crippen LogP contribution in [0.25, 0.3) is 0 Å². The van der Waals surface area contributed by atoms with Crippen molar-refractivity contribution in [2.45, 2.75) is 52.5 Å². The van der Waals surface area contributed by atoms with Crippen molar-refractivity contribution < 1.29 is 0 Å². The Bertz CT molecular complexity index is 373. The van der Waals surface area contributed by atoms with Crippen molar-refractivity contribution in [3.05, 3.63) is 16.5 Å². The molecule has 0 atom stereocenters. The normalized spacial score (nSPS) is 20.2. The molecule has 0 bridgehead atoms. The Morgan fingerprint density at radius 1 is 1.29 bits per heavy atom. The molecule has 94 valence electrons. The van der Waals surface area contributed by atoms with Crippen LogP contribution in [0.4, 0.5) is 5.82 Å². The lowest BCUT2D eigenvalue weighted by molar-refractivity contribution is 0.232. The van der Waals surface area contributed by atoms with Crippen molar-refractivity contribution >= 4 is 21.7 Å². The highest BCUT2D eigenvalue weighted by Crippen LogP contribution is 2.35. The lowest BCUT2D eigenvalue weighted by Crippen LogP contribution is -2.30. The predicted molar refractivity (Wildman–Crippen MR) is 74.1 cm³/mol. The van der Waals surface area contributed by atoms with Gasteiger partial charge < -0.3 is 5.32 Å². The van der Waals surface area contributed by atoms with Crippen molar-refractivity contribution in [2.75, 3.05) is 5.32 Å². The van der Waals surface area contributed by atoms with Gasteiger partial charge in [0.25, 0.3) is 0 Å². The van der Waals surface area contributed by atoms with Gasteiger partial charge in [-0.2, -0.15) is 0 Å². The van der Waals surface area contributed by atoms with Crippen LogP contribution in [0.2, 0.25) is 0 Å². The molecule has 0 unspecified atom stereocenters. The first-order valence-corrected chi connectivity index (χ1v) is 7.02. The van der Waals surface area contributed by atoms with Gasteiger partial charge >= 0.3 is 0 Å². The number of nitrogens with one attached hydrogen (secondary N) is 1. The number of nitrogens with zero attached hydrogens (tertiary/aromatic N) is 2. The first kappa shape index (κ1) is 12.8. The summed E-state index contributed by atoms with van der Waals surface area (Å²) in [4.78, 5) is 8.63. The van der Waals surface area contributed by atoms with Gasteiger partial charge in [0.05, 0.1) is 0 Å². The summed E-state index contributed by atoms with van der Waals surface area (Å²) < 4.78 is 0.851. The fraction of sp³-hybridized carbons (Fsp3) is 0.692. The Morgan fingerprint density at radius 2 is 1.94 bits per heavy atom. The van der Waals surface area contributed by atoms with Crippen LogP contribution >= 0.6 is 15.9 Å². The third-order valence-electron chi connectivity index (χ3n) is 3.50. The van der Waals surface area contributed by atoms with Crippen LogP contribution in [-0.2, 0) is 0 Å². The van der Waals surface area contributed by atoms with Crippen LogP contribution in [0.5, 0.6) is 0 Å². The summed E-state index contributed by atoms with van der Waals surface area (Å²) in [6.45, 7) is 6.63. The zero-order valence-electron chi connectivity index (χ0n) is 10.8. The predicted octanol–water partition coefficient (Wildman–Crippen LogP) is 3.93.